The number of rotatable bonds is 5. The Bertz CT molecular complexity index is 842. The number of nitrogens with one attached hydrogen (secondary N) is 1. The topological polar surface area (TPSA) is 77.9 Å². The average Bonchev–Trinajstić information content (AvgIpc) is 3.19. The highest BCUT2D eigenvalue weighted by Crippen LogP contribution is 2.19. The van der Waals surface area contributed by atoms with Crippen LogP contribution in [0.4, 0.5) is 0 Å². The summed E-state index contributed by atoms with van der Waals surface area (Å²) in [7, 11) is 1.89. The van der Waals surface area contributed by atoms with Crippen LogP contribution in [-0.2, 0) is 13.6 Å². The fraction of sp³-hybridized carbons (Fsp3) is 0.438. The first kappa shape index (κ1) is 15.3. The normalized spacial score (nSPS) is 12.7. The van der Waals surface area contributed by atoms with Crippen LogP contribution in [0.2, 0.25) is 0 Å². The quantitative estimate of drug-likeness (QED) is 0.783. The lowest BCUT2D eigenvalue weighted by Crippen LogP contribution is -2.31. The first-order valence-corrected chi connectivity index (χ1v) is 7.74. The molecule has 0 aliphatic rings. The molecule has 0 saturated carbocycles. The zero-order valence-electron chi connectivity index (χ0n) is 13.8. The van der Waals surface area contributed by atoms with Gasteiger partial charge in [0, 0.05) is 13.1 Å². The van der Waals surface area contributed by atoms with Gasteiger partial charge in [0.2, 0.25) is 0 Å². The first-order valence-electron chi connectivity index (χ1n) is 7.74. The third-order valence-electron chi connectivity index (χ3n) is 3.99. The van der Waals surface area contributed by atoms with Gasteiger partial charge in [0.25, 0.3) is 5.91 Å². The van der Waals surface area contributed by atoms with Crippen molar-refractivity contribution in [2.24, 2.45) is 7.05 Å². The first-order chi connectivity index (χ1) is 11.0. The standard InChI is InChI=1S/C16H21N5O2/c1-5-10(2)18-16(22)14-7-6-12(23-14)9-21-15-11(3)19-20(4)13(15)8-17-21/h6-8,10H,5,9H2,1-4H3,(H,18,22)/t10-/m1/s1. The molecule has 0 aliphatic carbocycles. The van der Waals surface area contributed by atoms with Crippen molar-refractivity contribution >= 4 is 16.9 Å². The Morgan fingerprint density at radius 3 is 2.96 bits per heavy atom. The summed E-state index contributed by atoms with van der Waals surface area (Å²) in [6.07, 6.45) is 2.67. The molecule has 0 fully saturated rings. The Balaban J connectivity index is 1.79. The summed E-state index contributed by atoms with van der Waals surface area (Å²) in [6.45, 7) is 6.41. The van der Waals surface area contributed by atoms with E-state index in [9.17, 15) is 4.79 Å². The molecule has 1 N–H and O–H groups in total. The van der Waals surface area contributed by atoms with Crippen LogP contribution in [0, 0.1) is 6.92 Å². The highest BCUT2D eigenvalue weighted by molar-refractivity contribution is 5.91. The van der Waals surface area contributed by atoms with Crippen LogP contribution in [0.15, 0.2) is 22.7 Å². The van der Waals surface area contributed by atoms with Crippen molar-refractivity contribution in [1.82, 2.24) is 24.9 Å². The maximum absolute atomic E-state index is 12.1. The van der Waals surface area contributed by atoms with E-state index in [0.717, 1.165) is 23.1 Å². The summed E-state index contributed by atoms with van der Waals surface area (Å²) in [4.78, 5) is 12.1. The third-order valence-corrected chi connectivity index (χ3v) is 3.99. The molecule has 122 valence electrons. The van der Waals surface area contributed by atoms with E-state index in [1.54, 1.807) is 16.9 Å². The van der Waals surface area contributed by atoms with E-state index in [4.69, 9.17) is 4.42 Å². The van der Waals surface area contributed by atoms with E-state index in [0.29, 0.717) is 18.1 Å². The van der Waals surface area contributed by atoms with Crippen molar-refractivity contribution in [2.45, 2.75) is 39.8 Å². The van der Waals surface area contributed by atoms with Gasteiger partial charge >= 0.3 is 0 Å². The van der Waals surface area contributed by atoms with Crippen LogP contribution in [0.3, 0.4) is 0 Å². The van der Waals surface area contributed by atoms with Crippen molar-refractivity contribution < 1.29 is 9.21 Å². The number of fused-ring (bicyclic) bond motifs is 1. The van der Waals surface area contributed by atoms with Crippen LogP contribution < -0.4 is 5.32 Å². The van der Waals surface area contributed by atoms with Gasteiger partial charge < -0.3 is 9.73 Å². The van der Waals surface area contributed by atoms with E-state index >= 15 is 0 Å². The SMILES string of the molecule is CC[C@@H](C)NC(=O)c1ccc(Cn2ncc3c2c(C)nn3C)o1. The molecule has 1 amide bonds. The van der Waals surface area contributed by atoms with Crippen LogP contribution in [0.1, 0.15) is 42.3 Å². The molecule has 0 radical (unpaired) electrons. The minimum atomic E-state index is -0.186. The van der Waals surface area contributed by atoms with Gasteiger partial charge in [-0.05, 0) is 32.4 Å². The molecule has 0 bridgehead atoms. The molecule has 1 atom stereocenters. The summed E-state index contributed by atoms with van der Waals surface area (Å²) in [5, 5.41) is 11.7. The van der Waals surface area contributed by atoms with E-state index < -0.39 is 0 Å². The van der Waals surface area contributed by atoms with E-state index in [2.05, 4.69) is 15.5 Å². The fourth-order valence-corrected chi connectivity index (χ4v) is 2.56. The second-order valence-electron chi connectivity index (χ2n) is 5.79. The Kier molecular flexibility index (Phi) is 3.94. The van der Waals surface area contributed by atoms with Gasteiger partial charge in [-0.1, -0.05) is 6.92 Å². The van der Waals surface area contributed by atoms with Gasteiger partial charge in [0.1, 0.15) is 16.8 Å². The number of furan rings is 1. The average molecular weight is 315 g/mol. The lowest BCUT2D eigenvalue weighted by atomic mass is 10.2. The number of amides is 1. The molecule has 0 aromatic carbocycles. The number of carbonyl (C=O) groups is 1. The molecular weight excluding hydrogens is 294 g/mol. The number of hydrogen-bond acceptors (Lipinski definition) is 4. The summed E-state index contributed by atoms with van der Waals surface area (Å²) < 4.78 is 9.31. The van der Waals surface area contributed by atoms with Gasteiger partial charge in [0.15, 0.2) is 5.76 Å². The molecule has 0 spiro atoms. The monoisotopic (exact) mass is 315 g/mol. The largest absolute Gasteiger partial charge is 0.454 e. The molecule has 0 unspecified atom stereocenters. The number of aryl methyl sites for hydroxylation is 2. The second-order valence-corrected chi connectivity index (χ2v) is 5.79. The Morgan fingerprint density at radius 2 is 2.22 bits per heavy atom. The van der Waals surface area contributed by atoms with Crippen molar-refractivity contribution in [3.8, 4) is 0 Å². The molecule has 3 heterocycles. The Morgan fingerprint density at radius 1 is 1.43 bits per heavy atom. The Hall–Kier alpha value is -2.57. The van der Waals surface area contributed by atoms with Crippen molar-refractivity contribution in [3.63, 3.8) is 0 Å². The van der Waals surface area contributed by atoms with Gasteiger partial charge in [-0.3, -0.25) is 14.2 Å². The van der Waals surface area contributed by atoms with Crippen LogP contribution in [-0.4, -0.2) is 31.5 Å². The number of carbonyl (C=O) groups excluding carboxylic acids is 1. The Labute approximate surface area is 134 Å². The second kappa shape index (κ2) is 5.91. The molecule has 3 rings (SSSR count). The van der Waals surface area contributed by atoms with E-state index in [1.807, 2.05) is 38.6 Å². The zero-order chi connectivity index (χ0) is 16.6. The van der Waals surface area contributed by atoms with Crippen LogP contribution >= 0.6 is 0 Å². The van der Waals surface area contributed by atoms with Crippen LogP contribution in [0.5, 0.6) is 0 Å². The van der Waals surface area contributed by atoms with Gasteiger partial charge in [-0.2, -0.15) is 10.2 Å². The summed E-state index contributed by atoms with van der Waals surface area (Å²) in [5.74, 6) is 0.827. The predicted octanol–water partition coefficient (Wildman–Crippen LogP) is 2.25. The molecule has 0 saturated heterocycles. The molecule has 7 heteroatoms. The van der Waals surface area contributed by atoms with Gasteiger partial charge in [-0.25, -0.2) is 0 Å². The van der Waals surface area contributed by atoms with Crippen LogP contribution in [0.25, 0.3) is 11.0 Å². The van der Waals surface area contributed by atoms with Crippen molar-refractivity contribution in [1.29, 1.82) is 0 Å². The number of nitrogens with zero attached hydrogens (tertiary/aromatic N) is 4. The maximum atomic E-state index is 12.1. The summed E-state index contributed by atoms with van der Waals surface area (Å²) in [6, 6.07) is 3.63. The van der Waals surface area contributed by atoms with Gasteiger partial charge in [-0.15, -0.1) is 0 Å². The lowest BCUT2D eigenvalue weighted by Gasteiger charge is -2.09. The number of aromatic nitrogens is 4. The van der Waals surface area contributed by atoms with Crippen molar-refractivity contribution in [2.75, 3.05) is 0 Å². The molecule has 3 aromatic heterocycles. The van der Waals surface area contributed by atoms with E-state index in [-0.39, 0.29) is 11.9 Å². The molecular formula is C16H21N5O2. The molecule has 7 nitrogen and oxygen atoms in total. The molecule has 3 aromatic rings. The van der Waals surface area contributed by atoms with E-state index in [1.165, 1.54) is 0 Å². The fourth-order valence-electron chi connectivity index (χ4n) is 2.56. The predicted molar refractivity (Wildman–Crippen MR) is 86.3 cm³/mol. The smallest absolute Gasteiger partial charge is 0.287 e. The number of hydrogen-bond donors (Lipinski definition) is 1. The lowest BCUT2D eigenvalue weighted by molar-refractivity contribution is 0.0909. The minimum Gasteiger partial charge on any atom is -0.454 e. The zero-order valence-corrected chi connectivity index (χ0v) is 13.8. The summed E-state index contributed by atoms with van der Waals surface area (Å²) in [5.41, 5.74) is 2.87. The highest BCUT2D eigenvalue weighted by atomic mass is 16.4. The van der Waals surface area contributed by atoms with Gasteiger partial charge in [0.05, 0.1) is 18.4 Å². The maximum Gasteiger partial charge on any atom is 0.287 e. The molecule has 0 aliphatic heterocycles. The highest BCUT2D eigenvalue weighted by Gasteiger charge is 2.16. The van der Waals surface area contributed by atoms with Crippen molar-refractivity contribution in [3.05, 3.63) is 35.5 Å². The summed E-state index contributed by atoms with van der Waals surface area (Å²) >= 11 is 0. The molecule has 23 heavy (non-hydrogen) atoms. The minimum absolute atomic E-state index is 0.125. The third kappa shape index (κ3) is 2.86.